The lowest BCUT2D eigenvalue weighted by molar-refractivity contribution is -0.391. The smallest absolute Gasteiger partial charge is 0.315 e. The van der Waals surface area contributed by atoms with Gasteiger partial charge < -0.3 is 16.0 Å². The van der Waals surface area contributed by atoms with E-state index in [2.05, 4.69) is 56.3 Å². The van der Waals surface area contributed by atoms with Crippen LogP contribution in [0.5, 0.6) is 0 Å². The average molecular weight is 485 g/mol. The van der Waals surface area contributed by atoms with Crippen molar-refractivity contribution in [2.45, 2.75) is 44.7 Å². The molecule has 7 heteroatoms. The molecule has 0 saturated carbocycles. The number of hydrogen-bond acceptors (Lipinski definition) is 2. The molecule has 4 rings (SSSR count). The van der Waals surface area contributed by atoms with E-state index in [1.54, 1.807) is 7.05 Å². The third-order valence-electron chi connectivity index (χ3n) is 6.33. The number of carbonyl (C=O) groups is 2. The van der Waals surface area contributed by atoms with Gasteiger partial charge in [-0.3, -0.25) is 4.79 Å². The lowest BCUT2D eigenvalue weighted by atomic mass is 10.1. The van der Waals surface area contributed by atoms with Gasteiger partial charge in [0, 0.05) is 25.6 Å². The van der Waals surface area contributed by atoms with Gasteiger partial charge in [-0.2, -0.15) is 0 Å². The predicted molar refractivity (Wildman–Crippen MR) is 142 cm³/mol. The molecule has 0 aliphatic heterocycles. The molecule has 0 spiro atoms. The number of aromatic amines is 2. The number of benzene rings is 3. The van der Waals surface area contributed by atoms with Gasteiger partial charge >= 0.3 is 6.03 Å². The van der Waals surface area contributed by atoms with Crippen molar-refractivity contribution in [1.82, 2.24) is 20.9 Å². The minimum Gasteiger partial charge on any atom is -0.359 e. The number of rotatable bonds is 11. The summed E-state index contributed by atoms with van der Waals surface area (Å²) < 4.78 is 0. The van der Waals surface area contributed by atoms with Crippen LogP contribution in [0.2, 0.25) is 0 Å². The van der Waals surface area contributed by atoms with Crippen molar-refractivity contribution < 1.29 is 14.6 Å². The highest BCUT2D eigenvalue weighted by Crippen LogP contribution is 2.24. The van der Waals surface area contributed by atoms with E-state index in [4.69, 9.17) is 0 Å². The normalized spacial score (nSPS) is 11.7. The molecule has 186 valence electrons. The van der Waals surface area contributed by atoms with Gasteiger partial charge in [-0.05, 0) is 41.3 Å². The van der Waals surface area contributed by atoms with E-state index in [1.165, 1.54) is 10.8 Å². The van der Waals surface area contributed by atoms with Gasteiger partial charge in [0.2, 0.25) is 5.91 Å². The lowest BCUT2D eigenvalue weighted by Crippen LogP contribution is -2.39. The molecule has 7 nitrogen and oxygen atoms in total. The standard InChI is InChI=1S/C29H33N5O2/c1-30-27(35)15-7-3-6-14-25(34-29(36)32-19-21-10-4-2-5-11-21)28-31-20-26(33-28)24-17-16-22-12-8-9-13-23(22)18-24/h2,4-5,8-13,16-18,20,25H,3,6-7,14-15,19H2,1H3,(H,30,35)(H,31,33)(H2,32,34,36)/p+1/t25-/m0/s1. The molecule has 3 aromatic carbocycles. The van der Waals surface area contributed by atoms with E-state index in [1.807, 2.05) is 48.7 Å². The summed E-state index contributed by atoms with van der Waals surface area (Å²) in [5.74, 6) is 0.905. The number of hydrogen-bond donors (Lipinski definition) is 4. The molecular weight excluding hydrogens is 450 g/mol. The number of fused-ring (bicyclic) bond motifs is 1. The molecule has 1 atom stereocenters. The van der Waals surface area contributed by atoms with Crippen molar-refractivity contribution in [3.05, 3.63) is 90.4 Å². The number of urea groups is 1. The van der Waals surface area contributed by atoms with Crippen LogP contribution in [0.1, 0.15) is 49.5 Å². The van der Waals surface area contributed by atoms with Crippen LogP contribution in [0.25, 0.3) is 22.0 Å². The van der Waals surface area contributed by atoms with E-state index < -0.39 is 0 Å². The summed E-state index contributed by atoms with van der Waals surface area (Å²) >= 11 is 0. The molecule has 1 aromatic heterocycles. The Morgan fingerprint density at radius 3 is 2.50 bits per heavy atom. The van der Waals surface area contributed by atoms with Crippen molar-refractivity contribution in [3.8, 4) is 11.3 Å². The molecule has 0 saturated heterocycles. The quantitative estimate of drug-likeness (QED) is 0.228. The number of imidazole rings is 1. The third kappa shape index (κ3) is 6.95. The van der Waals surface area contributed by atoms with E-state index in [-0.39, 0.29) is 18.0 Å². The Labute approximate surface area is 211 Å². The van der Waals surface area contributed by atoms with E-state index in [0.717, 1.165) is 48.3 Å². The highest BCUT2D eigenvalue weighted by molar-refractivity contribution is 5.86. The zero-order valence-electron chi connectivity index (χ0n) is 20.6. The minimum atomic E-state index is -0.218. The predicted octanol–water partition coefficient (Wildman–Crippen LogP) is 4.89. The first-order valence-corrected chi connectivity index (χ1v) is 12.5. The van der Waals surface area contributed by atoms with Crippen LogP contribution in [0, 0.1) is 0 Å². The maximum atomic E-state index is 12.7. The summed E-state index contributed by atoms with van der Waals surface area (Å²) in [6.07, 6.45) is 5.84. The van der Waals surface area contributed by atoms with Gasteiger partial charge in [0.15, 0.2) is 5.69 Å². The minimum absolute atomic E-state index is 0.0580. The Morgan fingerprint density at radius 1 is 0.917 bits per heavy atom. The topological polar surface area (TPSA) is 100 Å². The summed E-state index contributed by atoms with van der Waals surface area (Å²) in [5, 5.41) is 11.1. The Balaban J connectivity index is 1.43. The van der Waals surface area contributed by atoms with Crippen LogP contribution in [0.4, 0.5) is 4.79 Å². The Morgan fingerprint density at radius 2 is 1.69 bits per heavy atom. The molecule has 0 fully saturated rings. The van der Waals surface area contributed by atoms with Crippen LogP contribution in [-0.4, -0.2) is 24.0 Å². The first kappa shape index (κ1) is 25.0. The second-order valence-corrected chi connectivity index (χ2v) is 8.94. The monoisotopic (exact) mass is 484 g/mol. The first-order chi connectivity index (χ1) is 17.6. The first-order valence-electron chi connectivity index (χ1n) is 12.5. The van der Waals surface area contributed by atoms with Gasteiger partial charge in [0.05, 0.1) is 0 Å². The molecule has 0 aliphatic rings. The molecule has 3 amide bonds. The van der Waals surface area contributed by atoms with Crippen LogP contribution in [0.3, 0.4) is 0 Å². The number of carbonyl (C=O) groups excluding carboxylic acids is 2. The molecule has 0 unspecified atom stereocenters. The molecule has 4 aromatic rings. The van der Waals surface area contributed by atoms with Gasteiger partial charge in [-0.1, -0.05) is 73.5 Å². The molecule has 0 aliphatic carbocycles. The van der Waals surface area contributed by atoms with Gasteiger partial charge in [-0.25, -0.2) is 14.8 Å². The summed E-state index contributed by atoms with van der Waals surface area (Å²) in [6, 6.07) is 24.1. The number of H-pyrrole nitrogens is 2. The maximum absolute atomic E-state index is 12.7. The lowest BCUT2D eigenvalue weighted by Gasteiger charge is -2.15. The van der Waals surface area contributed by atoms with Gasteiger partial charge in [0.1, 0.15) is 12.2 Å². The van der Waals surface area contributed by atoms with Crippen LogP contribution >= 0.6 is 0 Å². The highest BCUT2D eigenvalue weighted by atomic mass is 16.2. The second kappa shape index (κ2) is 12.5. The highest BCUT2D eigenvalue weighted by Gasteiger charge is 2.23. The summed E-state index contributed by atoms with van der Waals surface area (Å²) in [7, 11) is 1.66. The van der Waals surface area contributed by atoms with Crippen molar-refractivity contribution in [3.63, 3.8) is 0 Å². The molecular formula is C29H34N5O2+. The SMILES string of the molecule is CNC(=O)CCCCC[C@H](NC(=O)NCc1ccccc1)c1[nH]c(-c2ccc3ccccc3c2)c[nH+]1. The fourth-order valence-electron chi connectivity index (χ4n) is 4.28. The van der Waals surface area contributed by atoms with E-state index in [0.29, 0.717) is 13.0 Å². The molecule has 1 heterocycles. The molecule has 5 N–H and O–H groups in total. The zero-order chi connectivity index (χ0) is 25.2. The van der Waals surface area contributed by atoms with Gasteiger partial charge in [0.25, 0.3) is 5.82 Å². The van der Waals surface area contributed by atoms with Crippen molar-refractivity contribution in [2.75, 3.05) is 7.05 Å². The Kier molecular flexibility index (Phi) is 8.70. The van der Waals surface area contributed by atoms with Crippen LogP contribution in [-0.2, 0) is 11.3 Å². The molecule has 0 radical (unpaired) electrons. The molecule has 36 heavy (non-hydrogen) atoms. The van der Waals surface area contributed by atoms with Gasteiger partial charge in [-0.15, -0.1) is 0 Å². The fourth-order valence-corrected chi connectivity index (χ4v) is 4.28. The average Bonchev–Trinajstić information content (AvgIpc) is 3.41. The summed E-state index contributed by atoms with van der Waals surface area (Å²) in [4.78, 5) is 31.1. The van der Waals surface area contributed by atoms with Crippen molar-refractivity contribution >= 4 is 22.7 Å². The van der Waals surface area contributed by atoms with Crippen molar-refractivity contribution in [1.29, 1.82) is 0 Å². The van der Waals surface area contributed by atoms with E-state index >= 15 is 0 Å². The molecule has 0 bridgehead atoms. The maximum Gasteiger partial charge on any atom is 0.315 e. The van der Waals surface area contributed by atoms with Crippen LogP contribution in [0.15, 0.2) is 79.0 Å². The Hall–Kier alpha value is -4.13. The number of unbranched alkanes of at least 4 members (excludes halogenated alkanes) is 2. The number of aromatic nitrogens is 2. The van der Waals surface area contributed by atoms with E-state index in [9.17, 15) is 9.59 Å². The number of nitrogens with one attached hydrogen (secondary N) is 5. The van der Waals surface area contributed by atoms with Crippen molar-refractivity contribution in [2.24, 2.45) is 0 Å². The third-order valence-corrected chi connectivity index (χ3v) is 6.33. The zero-order valence-corrected chi connectivity index (χ0v) is 20.6. The fraction of sp³-hybridized carbons (Fsp3) is 0.276. The summed E-state index contributed by atoms with van der Waals surface area (Å²) in [5.41, 5.74) is 3.09. The van der Waals surface area contributed by atoms with Crippen LogP contribution < -0.4 is 20.9 Å². The largest absolute Gasteiger partial charge is 0.359 e. The second-order valence-electron chi connectivity index (χ2n) is 8.94. The Bertz CT molecular complexity index is 1290. The number of amides is 3. The summed E-state index contributed by atoms with van der Waals surface area (Å²) in [6.45, 7) is 0.461.